The number of ether oxygens (including phenoxy) is 1. The first-order valence-electron chi connectivity index (χ1n) is 9.82. The highest BCUT2D eigenvalue weighted by atomic mass is 16.5. The number of hydrogen-bond donors (Lipinski definition) is 2. The number of para-hydroxylation sites is 1. The highest BCUT2D eigenvalue weighted by Gasteiger charge is 2.41. The molecule has 2 N–H and O–H groups in total. The van der Waals surface area contributed by atoms with Crippen molar-refractivity contribution in [2.24, 2.45) is 10.4 Å². The van der Waals surface area contributed by atoms with Gasteiger partial charge in [-0.3, -0.25) is 4.99 Å². The van der Waals surface area contributed by atoms with Gasteiger partial charge in [-0.2, -0.15) is 0 Å². The molecule has 0 spiro atoms. The lowest BCUT2D eigenvalue weighted by Gasteiger charge is -2.18. The van der Waals surface area contributed by atoms with E-state index in [4.69, 9.17) is 4.74 Å². The SMILES string of the molecule is CCOCCC1(CNC(=NC)NCCCn2ccc3ccccc32)CC1. The van der Waals surface area contributed by atoms with Gasteiger partial charge in [-0.1, -0.05) is 18.2 Å². The van der Waals surface area contributed by atoms with Gasteiger partial charge in [0.1, 0.15) is 0 Å². The molecule has 0 atom stereocenters. The van der Waals surface area contributed by atoms with E-state index in [1.807, 2.05) is 7.05 Å². The van der Waals surface area contributed by atoms with Gasteiger partial charge < -0.3 is 19.9 Å². The molecule has 0 unspecified atom stereocenters. The minimum Gasteiger partial charge on any atom is -0.382 e. The van der Waals surface area contributed by atoms with E-state index in [1.54, 1.807) is 0 Å². The van der Waals surface area contributed by atoms with Gasteiger partial charge in [0.25, 0.3) is 0 Å². The number of aliphatic imine (C=N–C) groups is 1. The molecule has 1 aliphatic carbocycles. The topological polar surface area (TPSA) is 50.6 Å². The Balaban J connectivity index is 1.37. The predicted octanol–water partition coefficient (Wildman–Crippen LogP) is 3.40. The number of nitrogens with one attached hydrogen (secondary N) is 2. The zero-order valence-electron chi connectivity index (χ0n) is 16.1. The Morgan fingerprint density at radius 2 is 2.08 bits per heavy atom. The predicted molar refractivity (Wildman–Crippen MR) is 109 cm³/mol. The van der Waals surface area contributed by atoms with E-state index in [0.717, 1.165) is 51.6 Å². The zero-order chi connectivity index (χ0) is 18.2. The average Bonchev–Trinajstić information content (AvgIpc) is 3.32. The molecule has 0 saturated heterocycles. The van der Waals surface area contributed by atoms with Crippen molar-refractivity contribution in [2.75, 3.05) is 33.4 Å². The molecule has 1 heterocycles. The molecule has 5 heteroatoms. The van der Waals surface area contributed by atoms with E-state index in [2.05, 4.69) is 63.6 Å². The second kappa shape index (κ2) is 9.08. The maximum Gasteiger partial charge on any atom is 0.190 e. The Bertz CT molecular complexity index is 718. The summed E-state index contributed by atoms with van der Waals surface area (Å²) < 4.78 is 7.83. The third-order valence-corrected chi connectivity index (χ3v) is 5.34. The average molecular weight is 357 g/mol. The number of fused-ring (bicyclic) bond motifs is 1. The number of aromatic nitrogens is 1. The summed E-state index contributed by atoms with van der Waals surface area (Å²) >= 11 is 0. The quantitative estimate of drug-likeness (QED) is 0.390. The molecule has 1 saturated carbocycles. The van der Waals surface area contributed by atoms with Crippen LogP contribution in [0.3, 0.4) is 0 Å². The summed E-state index contributed by atoms with van der Waals surface area (Å²) in [6, 6.07) is 10.7. The Morgan fingerprint density at radius 3 is 2.85 bits per heavy atom. The molecule has 1 aromatic heterocycles. The lowest BCUT2D eigenvalue weighted by molar-refractivity contribution is 0.128. The van der Waals surface area contributed by atoms with Crippen molar-refractivity contribution in [1.82, 2.24) is 15.2 Å². The highest BCUT2D eigenvalue weighted by molar-refractivity contribution is 5.80. The highest BCUT2D eigenvalue weighted by Crippen LogP contribution is 2.48. The van der Waals surface area contributed by atoms with Crippen LogP contribution < -0.4 is 10.6 Å². The summed E-state index contributed by atoms with van der Waals surface area (Å²) in [6.45, 7) is 6.65. The molecule has 2 aromatic rings. The number of rotatable bonds is 10. The fourth-order valence-corrected chi connectivity index (χ4v) is 3.41. The fraction of sp³-hybridized carbons (Fsp3) is 0.571. The number of aryl methyl sites for hydroxylation is 1. The first kappa shape index (κ1) is 18.8. The van der Waals surface area contributed by atoms with Crippen molar-refractivity contribution in [3.8, 4) is 0 Å². The number of benzene rings is 1. The zero-order valence-corrected chi connectivity index (χ0v) is 16.1. The van der Waals surface area contributed by atoms with Crippen LogP contribution in [0.5, 0.6) is 0 Å². The van der Waals surface area contributed by atoms with Crippen LogP contribution in [0, 0.1) is 5.41 Å². The Labute approximate surface area is 156 Å². The van der Waals surface area contributed by atoms with E-state index in [0.29, 0.717) is 5.41 Å². The normalized spacial score (nSPS) is 16.0. The molecule has 1 aromatic carbocycles. The van der Waals surface area contributed by atoms with Gasteiger partial charge in [0.2, 0.25) is 0 Å². The summed E-state index contributed by atoms with van der Waals surface area (Å²) in [5, 5.41) is 8.25. The van der Waals surface area contributed by atoms with E-state index in [1.165, 1.54) is 23.7 Å². The van der Waals surface area contributed by atoms with Gasteiger partial charge in [0.05, 0.1) is 0 Å². The van der Waals surface area contributed by atoms with Crippen molar-refractivity contribution < 1.29 is 4.74 Å². The van der Waals surface area contributed by atoms with Crippen molar-refractivity contribution in [3.05, 3.63) is 36.5 Å². The van der Waals surface area contributed by atoms with Crippen LogP contribution in [0.15, 0.2) is 41.5 Å². The first-order chi connectivity index (χ1) is 12.8. The largest absolute Gasteiger partial charge is 0.382 e. The van der Waals surface area contributed by atoms with E-state index < -0.39 is 0 Å². The summed E-state index contributed by atoms with van der Waals surface area (Å²) in [5.74, 6) is 0.907. The molecule has 0 radical (unpaired) electrons. The van der Waals surface area contributed by atoms with Gasteiger partial charge in [0, 0.05) is 51.6 Å². The van der Waals surface area contributed by atoms with Gasteiger partial charge in [-0.25, -0.2) is 0 Å². The summed E-state index contributed by atoms with van der Waals surface area (Å²) in [6.07, 6.45) is 6.98. The molecule has 0 bridgehead atoms. The van der Waals surface area contributed by atoms with Crippen LogP contribution in [-0.2, 0) is 11.3 Å². The fourth-order valence-electron chi connectivity index (χ4n) is 3.41. The minimum atomic E-state index is 0.427. The first-order valence-corrected chi connectivity index (χ1v) is 9.82. The summed E-state index contributed by atoms with van der Waals surface area (Å²) in [5.41, 5.74) is 1.73. The Kier molecular flexibility index (Phi) is 6.56. The van der Waals surface area contributed by atoms with Crippen molar-refractivity contribution in [2.45, 2.75) is 39.2 Å². The second-order valence-corrected chi connectivity index (χ2v) is 7.22. The molecule has 0 amide bonds. The molecular formula is C21H32N4O. The molecule has 142 valence electrons. The van der Waals surface area contributed by atoms with E-state index in [9.17, 15) is 0 Å². The van der Waals surface area contributed by atoms with E-state index >= 15 is 0 Å². The van der Waals surface area contributed by atoms with Crippen molar-refractivity contribution in [1.29, 1.82) is 0 Å². The maximum atomic E-state index is 5.51. The van der Waals surface area contributed by atoms with Crippen molar-refractivity contribution >= 4 is 16.9 Å². The molecule has 26 heavy (non-hydrogen) atoms. The molecular weight excluding hydrogens is 324 g/mol. The molecule has 1 fully saturated rings. The molecule has 0 aliphatic heterocycles. The molecule has 1 aliphatic rings. The molecule has 3 rings (SSSR count). The van der Waals surface area contributed by atoms with Crippen LogP contribution >= 0.6 is 0 Å². The van der Waals surface area contributed by atoms with Crippen LogP contribution in [-0.4, -0.2) is 43.9 Å². The second-order valence-electron chi connectivity index (χ2n) is 7.22. The van der Waals surface area contributed by atoms with Gasteiger partial charge in [0.15, 0.2) is 5.96 Å². The van der Waals surface area contributed by atoms with Crippen LogP contribution in [0.2, 0.25) is 0 Å². The third kappa shape index (κ3) is 5.01. The number of nitrogens with zero attached hydrogens (tertiary/aromatic N) is 2. The third-order valence-electron chi connectivity index (χ3n) is 5.34. The Morgan fingerprint density at radius 1 is 1.23 bits per heavy atom. The van der Waals surface area contributed by atoms with Crippen molar-refractivity contribution in [3.63, 3.8) is 0 Å². The van der Waals surface area contributed by atoms with E-state index in [-0.39, 0.29) is 0 Å². The van der Waals surface area contributed by atoms with Crippen LogP contribution in [0.4, 0.5) is 0 Å². The standard InChI is InChI=1S/C21H32N4O/c1-3-26-16-12-21(10-11-21)17-24-20(22-2)23-13-6-14-25-15-9-18-7-4-5-8-19(18)25/h4-5,7-9,15H,3,6,10-14,16-17H2,1-2H3,(H2,22,23,24). The molecule has 5 nitrogen and oxygen atoms in total. The summed E-state index contributed by atoms with van der Waals surface area (Å²) in [7, 11) is 1.84. The Hall–Kier alpha value is -2.01. The van der Waals surface area contributed by atoms with Gasteiger partial charge in [-0.05, 0) is 55.5 Å². The van der Waals surface area contributed by atoms with Gasteiger partial charge in [-0.15, -0.1) is 0 Å². The van der Waals surface area contributed by atoms with Gasteiger partial charge >= 0.3 is 0 Å². The maximum absolute atomic E-state index is 5.51. The smallest absolute Gasteiger partial charge is 0.190 e. The lowest BCUT2D eigenvalue weighted by Crippen LogP contribution is -2.41. The number of guanidine groups is 1. The lowest BCUT2D eigenvalue weighted by atomic mass is 10.0. The van der Waals surface area contributed by atoms with Crippen LogP contribution in [0.25, 0.3) is 10.9 Å². The van der Waals surface area contributed by atoms with Crippen LogP contribution in [0.1, 0.15) is 32.6 Å². The summed E-state index contributed by atoms with van der Waals surface area (Å²) in [4.78, 5) is 4.36. The number of hydrogen-bond acceptors (Lipinski definition) is 2. The minimum absolute atomic E-state index is 0.427. The monoisotopic (exact) mass is 356 g/mol.